The van der Waals surface area contributed by atoms with Crippen LogP contribution in [0.4, 0.5) is 0 Å². The molecule has 16 heavy (non-hydrogen) atoms. The van der Waals surface area contributed by atoms with Gasteiger partial charge in [0.05, 0.1) is 12.1 Å². The van der Waals surface area contributed by atoms with Gasteiger partial charge in [-0.25, -0.2) is 13.1 Å². The first kappa shape index (κ1) is 13.4. The fourth-order valence-corrected chi connectivity index (χ4v) is 2.87. The smallest absolute Gasteiger partial charge is 0.323 e. The van der Waals surface area contributed by atoms with Gasteiger partial charge in [0.1, 0.15) is 0 Å². The molecule has 6 nitrogen and oxygen atoms in total. The molecule has 94 valence electrons. The van der Waals surface area contributed by atoms with Crippen LogP contribution in [0, 0.1) is 0 Å². The van der Waals surface area contributed by atoms with E-state index >= 15 is 0 Å². The average molecular weight is 251 g/mol. The molecule has 0 saturated carbocycles. The summed E-state index contributed by atoms with van der Waals surface area (Å²) in [6, 6.07) is 0. The lowest BCUT2D eigenvalue weighted by Crippen LogP contribution is -2.54. The van der Waals surface area contributed by atoms with Crippen molar-refractivity contribution in [1.82, 2.24) is 4.72 Å². The van der Waals surface area contributed by atoms with Gasteiger partial charge in [-0.2, -0.15) is 0 Å². The Bertz CT molecular complexity index is 358. The zero-order valence-corrected chi connectivity index (χ0v) is 10.2. The minimum atomic E-state index is -3.85. The maximum Gasteiger partial charge on any atom is 0.323 e. The number of carboxylic acid groups (broad SMARTS) is 1. The molecular formula is C9H17NO5S. The van der Waals surface area contributed by atoms with Crippen molar-refractivity contribution in [3.05, 3.63) is 0 Å². The number of hydrogen-bond donors (Lipinski definition) is 2. The van der Waals surface area contributed by atoms with Gasteiger partial charge in [-0.15, -0.1) is 0 Å². The van der Waals surface area contributed by atoms with Crippen molar-refractivity contribution in [3.63, 3.8) is 0 Å². The van der Waals surface area contributed by atoms with Gasteiger partial charge >= 0.3 is 5.97 Å². The van der Waals surface area contributed by atoms with Crippen LogP contribution in [0.2, 0.25) is 0 Å². The van der Waals surface area contributed by atoms with Crippen LogP contribution < -0.4 is 4.72 Å². The van der Waals surface area contributed by atoms with Crippen molar-refractivity contribution in [2.45, 2.75) is 37.5 Å². The van der Waals surface area contributed by atoms with Crippen molar-refractivity contribution in [3.8, 4) is 0 Å². The maximum atomic E-state index is 11.7. The van der Waals surface area contributed by atoms with Gasteiger partial charge in [0, 0.05) is 6.61 Å². The molecule has 0 aromatic heterocycles. The van der Waals surface area contributed by atoms with E-state index in [4.69, 9.17) is 9.84 Å². The molecule has 0 spiro atoms. The van der Waals surface area contributed by atoms with Crippen molar-refractivity contribution < 1.29 is 23.1 Å². The summed E-state index contributed by atoms with van der Waals surface area (Å²) in [5.41, 5.74) is -0.694. The highest BCUT2D eigenvalue weighted by Crippen LogP contribution is 2.20. The van der Waals surface area contributed by atoms with E-state index in [1.165, 1.54) is 0 Å². The maximum absolute atomic E-state index is 11.7. The zero-order chi connectivity index (χ0) is 12.4. The predicted octanol–water partition coefficient (Wildman–Crippen LogP) is -0.0520. The molecule has 1 aliphatic rings. The quantitative estimate of drug-likeness (QED) is 0.730. The number of carboxylic acids is 1. The van der Waals surface area contributed by atoms with E-state index in [0.717, 1.165) is 13.3 Å². The van der Waals surface area contributed by atoms with E-state index in [-0.39, 0.29) is 6.61 Å². The Morgan fingerprint density at radius 3 is 2.62 bits per heavy atom. The van der Waals surface area contributed by atoms with E-state index in [0.29, 0.717) is 13.0 Å². The third-order valence-electron chi connectivity index (χ3n) is 2.64. The first-order valence-corrected chi connectivity index (χ1v) is 6.65. The summed E-state index contributed by atoms with van der Waals surface area (Å²) in [4.78, 5) is 10.6. The number of nitrogens with one attached hydrogen (secondary N) is 1. The van der Waals surface area contributed by atoms with E-state index in [1.807, 2.05) is 0 Å². The second-order valence-electron chi connectivity index (χ2n) is 4.34. The predicted molar refractivity (Wildman–Crippen MR) is 57.6 cm³/mol. The van der Waals surface area contributed by atoms with Crippen LogP contribution in [0.25, 0.3) is 0 Å². The summed E-state index contributed by atoms with van der Waals surface area (Å²) >= 11 is 0. The lowest BCUT2D eigenvalue weighted by molar-refractivity contribution is -0.136. The van der Waals surface area contributed by atoms with Gasteiger partial charge in [0.15, 0.2) is 5.25 Å². The van der Waals surface area contributed by atoms with Gasteiger partial charge in [-0.3, -0.25) is 4.79 Å². The largest absolute Gasteiger partial charge is 0.480 e. The molecule has 1 aliphatic heterocycles. The molecule has 1 saturated heterocycles. The molecule has 0 aromatic rings. The molecule has 0 aromatic carbocycles. The molecule has 1 rings (SSSR count). The number of hydrogen-bond acceptors (Lipinski definition) is 4. The third kappa shape index (κ3) is 3.16. The van der Waals surface area contributed by atoms with E-state index < -0.39 is 26.8 Å². The Hall–Kier alpha value is -0.660. The first-order chi connectivity index (χ1) is 7.27. The molecule has 2 N–H and O–H groups in total. The van der Waals surface area contributed by atoms with Gasteiger partial charge < -0.3 is 9.84 Å². The van der Waals surface area contributed by atoms with Crippen LogP contribution >= 0.6 is 0 Å². The third-order valence-corrected chi connectivity index (χ3v) is 4.55. The molecule has 0 aliphatic carbocycles. The molecule has 7 heteroatoms. The van der Waals surface area contributed by atoms with Crippen LogP contribution in [0.1, 0.15) is 26.7 Å². The van der Waals surface area contributed by atoms with Crippen molar-refractivity contribution in [2.75, 3.05) is 13.2 Å². The minimum Gasteiger partial charge on any atom is -0.480 e. The highest BCUT2D eigenvalue weighted by molar-refractivity contribution is 7.90. The summed E-state index contributed by atoms with van der Waals surface area (Å²) in [6.45, 7) is 3.76. The highest BCUT2D eigenvalue weighted by Gasteiger charge is 2.36. The second-order valence-corrected chi connectivity index (χ2v) is 6.35. The van der Waals surface area contributed by atoms with Crippen LogP contribution in [-0.4, -0.2) is 43.5 Å². The molecule has 2 unspecified atom stereocenters. The molecule has 0 radical (unpaired) electrons. The van der Waals surface area contributed by atoms with Gasteiger partial charge in [-0.1, -0.05) is 0 Å². The summed E-state index contributed by atoms with van der Waals surface area (Å²) < 4.78 is 31.0. The minimum absolute atomic E-state index is 0.276. The molecule has 0 amide bonds. The lowest BCUT2D eigenvalue weighted by Gasteiger charge is -2.34. The average Bonchev–Trinajstić information content (AvgIpc) is 2.15. The summed E-state index contributed by atoms with van der Waals surface area (Å²) in [5, 5.41) is 7.23. The molecule has 1 heterocycles. The summed E-state index contributed by atoms with van der Waals surface area (Å²) in [7, 11) is -3.85. The molecular weight excluding hydrogens is 234 g/mol. The Morgan fingerprint density at radius 1 is 1.56 bits per heavy atom. The number of aliphatic carboxylic acids is 1. The van der Waals surface area contributed by atoms with Crippen molar-refractivity contribution in [2.24, 2.45) is 0 Å². The molecule has 0 bridgehead atoms. The number of sulfonamides is 1. The van der Waals surface area contributed by atoms with E-state index in [2.05, 4.69) is 4.72 Å². The van der Waals surface area contributed by atoms with Crippen LogP contribution in [-0.2, 0) is 19.6 Å². The van der Waals surface area contributed by atoms with E-state index in [9.17, 15) is 13.2 Å². The Balaban J connectivity index is 2.75. The van der Waals surface area contributed by atoms with Crippen LogP contribution in [0.15, 0.2) is 0 Å². The SMILES string of the molecule is CC(C(=O)O)S(=O)(=O)NC1(C)CCCOC1. The second kappa shape index (κ2) is 4.68. The lowest BCUT2D eigenvalue weighted by atomic mass is 9.97. The first-order valence-electron chi connectivity index (χ1n) is 5.10. The normalized spacial score (nSPS) is 28.6. The van der Waals surface area contributed by atoms with Crippen LogP contribution in [0.5, 0.6) is 0 Å². The zero-order valence-electron chi connectivity index (χ0n) is 9.39. The molecule has 1 fully saturated rings. The Morgan fingerprint density at radius 2 is 2.19 bits per heavy atom. The molecule has 2 atom stereocenters. The summed E-state index contributed by atoms with van der Waals surface area (Å²) in [6.07, 6.45) is 1.42. The fourth-order valence-electron chi connectivity index (χ4n) is 1.58. The van der Waals surface area contributed by atoms with Crippen LogP contribution in [0.3, 0.4) is 0 Å². The van der Waals surface area contributed by atoms with Crippen molar-refractivity contribution >= 4 is 16.0 Å². The topological polar surface area (TPSA) is 92.7 Å². The van der Waals surface area contributed by atoms with Gasteiger partial charge in [-0.05, 0) is 26.7 Å². The van der Waals surface area contributed by atoms with Gasteiger partial charge in [0.25, 0.3) is 0 Å². The number of rotatable bonds is 4. The Labute approximate surface area is 95.0 Å². The van der Waals surface area contributed by atoms with E-state index in [1.54, 1.807) is 6.92 Å². The standard InChI is InChI=1S/C9H17NO5S/c1-7(8(11)12)16(13,14)10-9(2)4-3-5-15-6-9/h7,10H,3-6H2,1-2H3,(H,11,12). The highest BCUT2D eigenvalue weighted by atomic mass is 32.2. The van der Waals surface area contributed by atoms with Crippen molar-refractivity contribution in [1.29, 1.82) is 0 Å². The van der Waals surface area contributed by atoms with Gasteiger partial charge in [0.2, 0.25) is 10.0 Å². The summed E-state index contributed by atoms with van der Waals surface area (Å²) in [5.74, 6) is -1.35. The fraction of sp³-hybridized carbons (Fsp3) is 0.889. The Kier molecular flexibility index (Phi) is 3.92. The number of carbonyl (C=O) groups is 1. The monoisotopic (exact) mass is 251 g/mol. The number of ether oxygens (including phenoxy) is 1.